The van der Waals surface area contributed by atoms with Crippen molar-refractivity contribution < 1.29 is 17.2 Å². The van der Waals surface area contributed by atoms with E-state index >= 15 is 0 Å². The highest BCUT2D eigenvalue weighted by Crippen LogP contribution is 2.41. The molecule has 33 heavy (non-hydrogen) atoms. The van der Waals surface area contributed by atoms with Gasteiger partial charge in [0.2, 0.25) is 0 Å². The van der Waals surface area contributed by atoms with Gasteiger partial charge in [-0.15, -0.1) is 0 Å². The fraction of sp³-hybridized carbons (Fsp3) is 0.280. The Labute approximate surface area is 202 Å². The Balaban J connectivity index is 1.51. The highest BCUT2D eigenvalue weighted by Gasteiger charge is 2.45. The number of rotatable bonds is 7. The van der Waals surface area contributed by atoms with Crippen molar-refractivity contribution in [1.29, 1.82) is 0 Å². The summed E-state index contributed by atoms with van der Waals surface area (Å²) in [5, 5.41) is 1.28. The Hall–Kier alpha value is -1.99. The Morgan fingerprint density at radius 3 is 1.79 bits per heavy atom. The predicted octanol–water partition coefficient (Wildman–Crippen LogP) is 6.30. The number of benzene rings is 3. The van der Waals surface area contributed by atoms with Crippen LogP contribution in [0.3, 0.4) is 0 Å². The molecule has 0 N–H and O–H groups in total. The lowest BCUT2D eigenvalue weighted by molar-refractivity contribution is 0.00831. The Bertz CT molecular complexity index is 1180. The van der Waals surface area contributed by atoms with E-state index in [9.17, 15) is 17.2 Å². The van der Waals surface area contributed by atoms with E-state index in [-0.39, 0.29) is 17.4 Å². The van der Waals surface area contributed by atoms with E-state index in [1.165, 1.54) is 0 Å². The zero-order chi connectivity index (χ0) is 23.8. The lowest BCUT2D eigenvalue weighted by Gasteiger charge is -2.51. The van der Waals surface area contributed by atoms with Crippen LogP contribution in [0.1, 0.15) is 29.7 Å². The molecule has 4 rings (SSSR count). The maximum Gasteiger partial charge on any atom is 0.155 e. The molecule has 3 aromatic rings. The summed E-state index contributed by atoms with van der Waals surface area (Å²) in [6.07, 6.45) is 0. The van der Waals surface area contributed by atoms with Gasteiger partial charge in [0.25, 0.3) is 0 Å². The van der Waals surface area contributed by atoms with Crippen molar-refractivity contribution in [1.82, 2.24) is 4.90 Å². The van der Waals surface area contributed by atoms with Gasteiger partial charge in [0.05, 0.1) is 17.5 Å². The molecule has 1 fully saturated rings. The van der Waals surface area contributed by atoms with Gasteiger partial charge in [-0.3, -0.25) is 4.90 Å². The molecule has 1 aliphatic heterocycles. The van der Waals surface area contributed by atoms with Crippen LogP contribution >= 0.6 is 23.2 Å². The predicted molar refractivity (Wildman–Crippen MR) is 128 cm³/mol. The van der Waals surface area contributed by atoms with Crippen molar-refractivity contribution in [3.8, 4) is 0 Å². The molecule has 1 heterocycles. The minimum atomic E-state index is -3.57. The number of likely N-dealkylation sites (tertiary alicyclic amines) is 1. The molecule has 8 heteroatoms. The molecule has 0 bridgehead atoms. The molecule has 0 unspecified atom stereocenters. The zero-order valence-corrected chi connectivity index (χ0v) is 20.3. The van der Waals surface area contributed by atoms with Crippen molar-refractivity contribution in [3.63, 3.8) is 0 Å². The van der Waals surface area contributed by atoms with Crippen LogP contribution in [-0.2, 0) is 15.6 Å². The van der Waals surface area contributed by atoms with Gasteiger partial charge in [0.1, 0.15) is 11.6 Å². The standard InChI is InChI=1S/C25H23Cl2F2NO2S/c1-25(16-33(31,32)13-17-10-22(28)12-23(29)11-17)14-30(15-25)24(18-2-6-20(26)7-3-18)19-4-8-21(27)9-5-19/h2-12,24H,13-16H2,1H3. The summed E-state index contributed by atoms with van der Waals surface area (Å²) >= 11 is 12.1. The van der Waals surface area contributed by atoms with Crippen molar-refractivity contribution in [2.45, 2.75) is 18.7 Å². The number of nitrogens with zero attached hydrogens (tertiary/aromatic N) is 1. The Morgan fingerprint density at radius 1 is 0.879 bits per heavy atom. The molecule has 174 valence electrons. The topological polar surface area (TPSA) is 37.4 Å². The molecule has 0 spiro atoms. The first-order valence-corrected chi connectivity index (χ1v) is 13.0. The van der Waals surface area contributed by atoms with Gasteiger partial charge in [-0.2, -0.15) is 0 Å². The molecule has 0 atom stereocenters. The number of hydrogen-bond acceptors (Lipinski definition) is 3. The Kier molecular flexibility index (Phi) is 6.83. The second kappa shape index (κ2) is 9.34. The molecular weight excluding hydrogens is 487 g/mol. The highest BCUT2D eigenvalue weighted by molar-refractivity contribution is 7.90. The molecule has 1 aliphatic rings. The van der Waals surface area contributed by atoms with Crippen LogP contribution in [0.15, 0.2) is 66.7 Å². The van der Waals surface area contributed by atoms with Gasteiger partial charge in [-0.25, -0.2) is 17.2 Å². The van der Waals surface area contributed by atoms with E-state index in [1.54, 1.807) is 0 Å². The summed E-state index contributed by atoms with van der Waals surface area (Å²) in [4.78, 5) is 2.21. The minimum absolute atomic E-state index is 0.0669. The van der Waals surface area contributed by atoms with Crippen LogP contribution in [0, 0.1) is 17.0 Å². The smallest absolute Gasteiger partial charge is 0.155 e. The maximum absolute atomic E-state index is 13.5. The molecule has 0 aliphatic carbocycles. The van der Waals surface area contributed by atoms with Crippen LogP contribution in [0.4, 0.5) is 8.78 Å². The van der Waals surface area contributed by atoms with E-state index < -0.39 is 32.6 Å². The maximum atomic E-state index is 13.5. The van der Waals surface area contributed by atoms with Crippen molar-refractivity contribution in [2.75, 3.05) is 18.8 Å². The summed E-state index contributed by atoms with van der Waals surface area (Å²) in [7, 11) is -3.57. The fourth-order valence-corrected chi connectivity index (χ4v) is 6.92. The Morgan fingerprint density at radius 2 is 1.33 bits per heavy atom. The average Bonchev–Trinajstić information content (AvgIpc) is 2.68. The van der Waals surface area contributed by atoms with Crippen LogP contribution in [0.25, 0.3) is 0 Å². The van der Waals surface area contributed by atoms with E-state index in [0.717, 1.165) is 29.3 Å². The van der Waals surface area contributed by atoms with E-state index in [1.807, 2.05) is 55.5 Å². The summed E-state index contributed by atoms with van der Waals surface area (Å²) in [6.45, 7) is 3.04. The number of halogens is 4. The lowest BCUT2D eigenvalue weighted by Crippen LogP contribution is -2.58. The van der Waals surface area contributed by atoms with Crippen molar-refractivity contribution in [3.05, 3.63) is 105 Å². The third-order valence-electron chi connectivity index (χ3n) is 5.78. The molecular formula is C25H23Cl2F2NO2S. The third-order valence-corrected chi connectivity index (χ3v) is 8.20. The first-order valence-electron chi connectivity index (χ1n) is 10.4. The molecule has 0 radical (unpaired) electrons. The summed E-state index contributed by atoms with van der Waals surface area (Å²) in [5.41, 5.74) is 1.73. The first-order chi connectivity index (χ1) is 15.5. The third kappa shape index (κ3) is 5.93. The van der Waals surface area contributed by atoms with E-state index in [0.29, 0.717) is 23.1 Å². The van der Waals surface area contributed by atoms with Crippen molar-refractivity contribution >= 4 is 33.0 Å². The second-order valence-corrected chi connectivity index (χ2v) is 12.0. The highest BCUT2D eigenvalue weighted by atomic mass is 35.5. The van der Waals surface area contributed by atoms with Crippen LogP contribution < -0.4 is 0 Å². The molecule has 0 amide bonds. The monoisotopic (exact) mass is 509 g/mol. The van der Waals surface area contributed by atoms with Crippen LogP contribution in [-0.4, -0.2) is 32.2 Å². The fourth-order valence-electron chi connectivity index (χ4n) is 4.64. The van der Waals surface area contributed by atoms with Gasteiger partial charge >= 0.3 is 0 Å². The van der Waals surface area contributed by atoms with Gasteiger partial charge in [0.15, 0.2) is 9.84 Å². The van der Waals surface area contributed by atoms with Gasteiger partial charge in [-0.05, 0) is 53.1 Å². The largest absolute Gasteiger partial charge is 0.291 e. The quantitative estimate of drug-likeness (QED) is 0.375. The lowest BCUT2D eigenvalue weighted by atomic mass is 9.80. The van der Waals surface area contributed by atoms with Crippen molar-refractivity contribution in [2.24, 2.45) is 5.41 Å². The zero-order valence-electron chi connectivity index (χ0n) is 17.9. The van der Waals surface area contributed by atoms with E-state index in [2.05, 4.69) is 4.90 Å². The van der Waals surface area contributed by atoms with Gasteiger partial charge < -0.3 is 0 Å². The molecule has 3 aromatic carbocycles. The van der Waals surface area contributed by atoms with Crippen LogP contribution in [0.2, 0.25) is 10.0 Å². The first kappa shape index (κ1) is 24.1. The number of hydrogen-bond donors (Lipinski definition) is 0. The molecule has 1 saturated heterocycles. The molecule has 3 nitrogen and oxygen atoms in total. The SMILES string of the molecule is CC1(CS(=O)(=O)Cc2cc(F)cc(F)c2)CN(C(c2ccc(Cl)cc2)c2ccc(Cl)cc2)C1. The number of sulfone groups is 1. The minimum Gasteiger partial charge on any atom is -0.291 e. The second-order valence-electron chi connectivity index (χ2n) is 9.03. The molecule has 0 aromatic heterocycles. The van der Waals surface area contributed by atoms with Gasteiger partial charge in [0, 0.05) is 34.6 Å². The summed E-state index contributed by atoms with van der Waals surface area (Å²) < 4.78 is 52.6. The summed E-state index contributed by atoms with van der Waals surface area (Å²) in [6, 6.07) is 18.0. The molecule has 0 saturated carbocycles. The van der Waals surface area contributed by atoms with Gasteiger partial charge in [-0.1, -0.05) is 54.4 Å². The average molecular weight is 510 g/mol. The summed E-state index contributed by atoms with van der Waals surface area (Å²) in [5.74, 6) is -2.03. The van der Waals surface area contributed by atoms with E-state index in [4.69, 9.17) is 23.2 Å². The normalized spacial score (nSPS) is 16.1. The van der Waals surface area contributed by atoms with Crippen LogP contribution in [0.5, 0.6) is 0 Å².